The van der Waals surface area contributed by atoms with Crippen LogP contribution in [0.1, 0.15) is 12.8 Å². The van der Waals surface area contributed by atoms with E-state index in [9.17, 15) is 0 Å². The maximum atomic E-state index is 5.96. The predicted octanol–water partition coefficient (Wildman–Crippen LogP) is 3.23. The van der Waals surface area contributed by atoms with Gasteiger partial charge in [0.2, 0.25) is 13.6 Å². The molecule has 30 heavy (non-hydrogen) atoms. The van der Waals surface area contributed by atoms with Crippen LogP contribution in [0.15, 0.2) is 30.3 Å². The lowest BCUT2D eigenvalue weighted by atomic mass is 10.1. The molecule has 0 atom stereocenters. The molecule has 4 heterocycles. The minimum absolute atomic E-state index is 0.206. The first kappa shape index (κ1) is 17.6. The van der Waals surface area contributed by atoms with E-state index in [0.29, 0.717) is 29.9 Å². The first-order valence-corrected chi connectivity index (χ1v) is 10.2. The van der Waals surface area contributed by atoms with E-state index in [1.165, 1.54) is 12.8 Å². The molecule has 3 aliphatic rings. The van der Waals surface area contributed by atoms with Gasteiger partial charge in [0, 0.05) is 23.6 Å². The van der Waals surface area contributed by atoms with Crippen molar-refractivity contribution in [2.75, 3.05) is 39.8 Å². The molecule has 154 valence electrons. The zero-order valence-corrected chi connectivity index (χ0v) is 16.4. The van der Waals surface area contributed by atoms with E-state index >= 15 is 0 Å². The van der Waals surface area contributed by atoms with Gasteiger partial charge in [0.05, 0.1) is 11.2 Å². The Labute approximate surface area is 173 Å². The van der Waals surface area contributed by atoms with Crippen molar-refractivity contribution < 1.29 is 23.7 Å². The Bertz CT molecular complexity index is 1110. The second-order valence-electron chi connectivity index (χ2n) is 7.54. The Hall–Kier alpha value is -3.26. The molecular weight excluding hydrogens is 386 g/mol. The molecule has 2 aromatic carbocycles. The lowest BCUT2D eigenvalue weighted by molar-refractivity contribution is 0.173. The van der Waals surface area contributed by atoms with Gasteiger partial charge in [-0.25, -0.2) is 0 Å². The van der Waals surface area contributed by atoms with E-state index in [-0.39, 0.29) is 13.6 Å². The summed E-state index contributed by atoms with van der Waals surface area (Å²) < 4.78 is 28.1. The summed E-state index contributed by atoms with van der Waals surface area (Å²) in [5, 5.41) is 0.866. The monoisotopic (exact) mass is 407 g/mol. The zero-order valence-electron chi connectivity index (χ0n) is 16.4. The second-order valence-corrected chi connectivity index (χ2v) is 7.54. The number of hydrogen-bond donors (Lipinski definition) is 0. The molecule has 0 N–H and O–H groups in total. The van der Waals surface area contributed by atoms with Crippen LogP contribution in [0.2, 0.25) is 0 Å². The summed E-state index contributed by atoms with van der Waals surface area (Å²) in [6.45, 7) is 4.13. The number of aromatic nitrogens is 2. The van der Waals surface area contributed by atoms with Crippen LogP contribution in [0.3, 0.4) is 0 Å². The molecule has 0 amide bonds. The predicted molar refractivity (Wildman–Crippen MR) is 108 cm³/mol. The molecular formula is C22H21N3O5. The van der Waals surface area contributed by atoms with Crippen LogP contribution in [0.25, 0.3) is 22.2 Å². The highest BCUT2D eigenvalue weighted by molar-refractivity contribution is 5.95. The van der Waals surface area contributed by atoms with Crippen molar-refractivity contribution in [1.82, 2.24) is 14.9 Å². The molecule has 1 saturated heterocycles. The summed E-state index contributed by atoms with van der Waals surface area (Å²) in [5.41, 5.74) is 2.40. The number of likely N-dealkylation sites (tertiary alicyclic amines) is 1. The quantitative estimate of drug-likeness (QED) is 0.638. The minimum atomic E-state index is 0.206. The molecule has 0 unspecified atom stereocenters. The maximum Gasteiger partial charge on any atom is 0.317 e. The van der Waals surface area contributed by atoms with Gasteiger partial charge < -0.3 is 23.7 Å². The van der Waals surface area contributed by atoms with Crippen LogP contribution in [0, 0.1) is 0 Å². The molecule has 8 nitrogen and oxygen atoms in total. The third-order valence-electron chi connectivity index (χ3n) is 5.65. The molecule has 0 radical (unpaired) electrons. The van der Waals surface area contributed by atoms with Crippen molar-refractivity contribution >= 4 is 10.9 Å². The lowest BCUT2D eigenvalue weighted by Crippen LogP contribution is -2.25. The highest BCUT2D eigenvalue weighted by Gasteiger charge is 2.21. The van der Waals surface area contributed by atoms with Crippen LogP contribution >= 0.6 is 0 Å². The SMILES string of the molecule is c1cc2c(cc1-c1nc(OCCN3CCCC3)nc3cc4c(cc13)OCO4)OCO2. The summed E-state index contributed by atoms with van der Waals surface area (Å²) in [7, 11) is 0. The summed E-state index contributed by atoms with van der Waals surface area (Å²) in [4.78, 5) is 11.8. The minimum Gasteiger partial charge on any atom is -0.462 e. The first-order valence-electron chi connectivity index (χ1n) is 10.2. The standard InChI is InChI=1S/C22H21N3O5/c1-2-6-25(5-1)7-8-26-22-23-16-11-20-19(29-13-30-20)10-15(16)21(24-22)14-3-4-17-18(9-14)28-12-27-17/h3-4,9-11H,1-2,5-8,12-13H2. The highest BCUT2D eigenvalue weighted by Crippen LogP contribution is 2.41. The van der Waals surface area contributed by atoms with Crippen molar-refractivity contribution in [3.05, 3.63) is 30.3 Å². The number of ether oxygens (including phenoxy) is 5. The number of hydrogen-bond acceptors (Lipinski definition) is 8. The van der Waals surface area contributed by atoms with Gasteiger partial charge in [0.25, 0.3) is 0 Å². The van der Waals surface area contributed by atoms with E-state index in [0.717, 1.165) is 47.5 Å². The van der Waals surface area contributed by atoms with Gasteiger partial charge in [-0.15, -0.1) is 0 Å². The fourth-order valence-electron chi connectivity index (χ4n) is 4.10. The highest BCUT2D eigenvalue weighted by atomic mass is 16.7. The summed E-state index contributed by atoms with van der Waals surface area (Å²) in [6.07, 6.45) is 2.52. The zero-order chi connectivity index (χ0) is 19.9. The summed E-state index contributed by atoms with van der Waals surface area (Å²) in [5.74, 6) is 2.81. The van der Waals surface area contributed by atoms with Gasteiger partial charge in [-0.3, -0.25) is 4.90 Å². The molecule has 0 aliphatic carbocycles. The molecule has 0 bridgehead atoms. The maximum absolute atomic E-state index is 5.96. The average Bonchev–Trinajstić information content (AvgIpc) is 3.52. The van der Waals surface area contributed by atoms with Crippen LogP contribution in [0.5, 0.6) is 29.0 Å². The average molecular weight is 407 g/mol. The van der Waals surface area contributed by atoms with Crippen molar-refractivity contribution in [2.24, 2.45) is 0 Å². The van der Waals surface area contributed by atoms with Crippen molar-refractivity contribution in [3.63, 3.8) is 0 Å². The summed E-state index contributed by atoms with van der Waals surface area (Å²) in [6, 6.07) is 9.95. The lowest BCUT2D eigenvalue weighted by Gasteiger charge is -2.15. The van der Waals surface area contributed by atoms with Gasteiger partial charge in [-0.05, 0) is 50.2 Å². The number of rotatable bonds is 5. The van der Waals surface area contributed by atoms with Crippen molar-refractivity contribution in [1.29, 1.82) is 0 Å². The van der Waals surface area contributed by atoms with Gasteiger partial charge in [0.1, 0.15) is 6.61 Å². The van der Waals surface area contributed by atoms with E-state index in [4.69, 9.17) is 28.7 Å². The van der Waals surface area contributed by atoms with Crippen LogP contribution in [-0.4, -0.2) is 54.7 Å². The van der Waals surface area contributed by atoms with E-state index in [1.807, 2.05) is 30.3 Å². The number of benzene rings is 2. The number of nitrogens with zero attached hydrogens (tertiary/aromatic N) is 3. The number of fused-ring (bicyclic) bond motifs is 3. The van der Waals surface area contributed by atoms with E-state index in [1.54, 1.807) is 0 Å². The molecule has 1 fully saturated rings. The Morgan fingerprint density at radius 1 is 0.833 bits per heavy atom. The van der Waals surface area contributed by atoms with Crippen molar-refractivity contribution in [3.8, 4) is 40.3 Å². The third kappa shape index (κ3) is 3.13. The molecule has 0 saturated carbocycles. The van der Waals surface area contributed by atoms with Crippen molar-refractivity contribution in [2.45, 2.75) is 12.8 Å². The summed E-state index contributed by atoms with van der Waals surface area (Å²) >= 11 is 0. The largest absolute Gasteiger partial charge is 0.462 e. The molecule has 3 aliphatic heterocycles. The van der Waals surface area contributed by atoms with Gasteiger partial charge in [0.15, 0.2) is 23.0 Å². The Balaban J connectivity index is 1.39. The van der Waals surface area contributed by atoms with Crippen LogP contribution in [0.4, 0.5) is 0 Å². The Morgan fingerprint density at radius 3 is 2.40 bits per heavy atom. The van der Waals surface area contributed by atoms with E-state index in [2.05, 4.69) is 9.88 Å². The third-order valence-corrected chi connectivity index (χ3v) is 5.65. The van der Waals surface area contributed by atoms with Crippen LogP contribution < -0.4 is 23.7 Å². The van der Waals surface area contributed by atoms with Gasteiger partial charge in [-0.2, -0.15) is 9.97 Å². The molecule has 3 aromatic rings. The topological polar surface area (TPSA) is 75.2 Å². The fraction of sp³-hybridized carbons (Fsp3) is 0.364. The first-order chi connectivity index (χ1) is 14.8. The molecule has 6 rings (SSSR count). The van der Waals surface area contributed by atoms with E-state index < -0.39 is 0 Å². The molecule has 1 aromatic heterocycles. The molecule has 8 heteroatoms. The second kappa shape index (κ2) is 7.21. The molecule has 0 spiro atoms. The van der Waals surface area contributed by atoms with Gasteiger partial charge >= 0.3 is 6.01 Å². The Morgan fingerprint density at radius 2 is 1.57 bits per heavy atom. The normalized spacial score (nSPS) is 17.1. The van der Waals surface area contributed by atoms with Crippen LogP contribution in [-0.2, 0) is 0 Å². The Kier molecular flexibility index (Phi) is 4.23. The fourth-order valence-corrected chi connectivity index (χ4v) is 4.10. The smallest absolute Gasteiger partial charge is 0.317 e. The van der Waals surface area contributed by atoms with Gasteiger partial charge in [-0.1, -0.05) is 0 Å².